The summed E-state index contributed by atoms with van der Waals surface area (Å²) >= 11 is 0. The molecule has 18 heavy (non-hydrogen) atoms. The van der Waals surface area contributed by atoms with Crippen LogP contribution >= 0.6 is 12.4 Å². The maximum absolute atomic E-state index is 11.4. The zero-order chi connectivity index (χ0) is 12.7. The molecule has 0 unspecified atom stereocenters. The van der Waals surface area contributed by atoms with Crippen LogP contribution in [0.3, 0.4) is 0 Å². The van der Waals surface area contributed by atoms with Crippen LogP contribution in [0.15, 0.2) is 18.2 Å². The quantitative estimate of drug-likeness (QED) is 0.836. The zero-order valence-corrected chi connectivity index (χ0v) is 11.9. The third-order valence-corrected chi connectivity index (χ3v) is 2.28. The Labute approximate surface area is 115 Å². The molecule has 0 radical (unpaired) electrons. The van der Waals surface area contributed by atoms with Crippen molar-refractivity contribution in [3.63, 3.8) is 0 Å². The minimum absolute atomic E-state index is 0. The molecule has 0 aliphatic carbocycles. The van der Waals surface area contributed by atoms with Crippen molar-refractivity contribution in [2.24, 2.45) is 0 Å². The van der Waals surface area contributed by atoms with Gasteiger partial charge in [-0.15, -0.1) is 12.4 Å². The van der Waals surface area contributed by atoms with Crippen molar-refractivity contribution in [2.45, 2.75) is 20.3 Å². The average molecular weight is 273 g/mol. The fraction of sp³-hybridized carbons (Fsp3) is 0.462. The van der Waals surface area contributed by atoms with Gasteiger partial charge in [0.05, 0.1) is 13.2 Å². The van der Waals surface area contributed by atoms with E-state index in [-0.39, 0.29) is 18.3 Å². The maximum Gasteiger partial charge on any atom is 0.238 e. The number of carbonyl (C=O) groups is 1. The second-order valence-corrected chi connectivity index (χ2v) is 3.90. The van der Waals surface area contributed by atoms with Gasteiger partial charge < -0.3 is 15.4 Å². The van der Waals surface area contributed by atoms with E-state index in [1.807, 2.05) is 25.1 Å². The number of amides is 1. The fourth-order valence-corrected chi connectivity index (χ4v) is 1.44. The van der Waals surface area contributed by atoms with E-state index in [0.717, 1.165) is 23.4 Å². The highest BCUT2D eigenvalue weighted by Crippen LogP contribution is 2.21. The third-order valence-electron chi connectivity index (χ3n) is 2.28. The number of halogens is 1. The van der Waals surface area contributed by atoms with Crippen LogP contribution in [0.4, 0.5) is 5.69 Å². The fourth-order valence-electron chi connectivity index (χ4n) is 1.44. The molecule has 1 amide bonds. The molecule has 0 aromatic heterocycles. The summed E-state index contributed by atoms with van der Waals surface area (Å²) in [6.07, 6.45) is 0.986. The zero-order valence-electron chi connectivity index (χ0n) is 11.1. The summed E-state index contributed by atoms with van der Waals surface area (Å²) in [4.78, 5) is 11.4. The predicted octanol–water partition coefficient (Wildman–Crippen LogP) is 2.36. The lowest BCUT2D eigenvalue weighted by Gasteiger charge is -2.10. The van der Waals surface area contributed by atoms with E-state index in [2.05, 4.69) is 17.6 Å². The summed E-state index contributed by atoms with van der Waals surface area (Å²) in [5, 5.41) is 5.65. The van der Waals surface area contributed by atoms with Gasteiger partial charge in [-0.3, -0.25) is 4.79 Å². The van der Waals surface area contributed by atoms with Crippen molar-refractivity contribution in [3.8, 4) is 5.75 Å². The first-order valence-electron chi connectivity index (χ1n) is 5.85. The highest BCUT2D eigenvalue weighted by molar-refractivity contribution is 5.93. The smallest absolute Gasteiger partial charge is 0.238 e. The van der Waals surface area contributed by atoms with Crippen LogP contribution in [-0.4, -0.2) is 26.1 Å². The standard InChI is InChI=1S/C13H20N2O2.ClH/c1-4-7-17-11-5-6-12(10(2)8-11)15-13(16)9-14-3;/h5-6,8,14H,4,7,9H2,1-3H3,(H,15,16);1H. The van der Waals surface area contributed by atoms with Crippen molar-refractivity contribution in [3.05, 3.63) is 23.8 Å². The normalized spacial score (nSPS) is 9.50. The monoisotopic (exact) mass is 272 g/mol. The second kappa shape index (κ2) is 8.78. The first-order valence-corrected chi connectivity index (χ1v) is 5.85. The van der Waals surface area contributed by atoms with E-state index in [4.69, 9.17) is 4.74 Å². The number of benzene rings is 1. The minimum Gasteiger partial charge on any atom is -0.494 e. The number of rotatable bonds is 6. The molecule has 0 saturated heterocycles. The molecule has 0 aliphatic rings. The van der Waals surface area contributed by atoms with Gasteiger partial charge in [-0.25, -0.2) is 0 Å². The Morgan fingerprint density at radius 2 is 2.11 bits per heavy atom. The van der Waals surface area contributed by atoms with Gasteiger partial charge in [0.25, 0.3) is 0 Å². The SMILES string of the molecule is CCCOc1ccc(NC(=O)CNC)c(C)c1.Cl. The Bertz CT molecular complexity index is 383. The van der Waals surface area contributed by atoms with Crippen molar-refractivity contribution >= 4 is 24.0 Å². The van der Waals surface area contributed by atoms with E-state index in [1.54, 1.807) is 7.05 Å². The van der Waals surface area contributed by atoms with Crippen molar-refractivity contribution < 1.29 is 9.53 Å². The maximum atomic E-state index is 11.4. The highest BCUT2D eigenvalue weighted by Gasteiger charge is 2.04. The molecule has 1 aromatic rings. The van der Waals surface area contributed by atoms with Crippen LogP contribution in [0.25, 0.3) is 0 Å². The Hall–Kier alpha value is -1.26. The number of ether oxygens (including phenoxy) is 1. The number of nitrogens with one attached hydrogen (secondary N) is 2. The molecular formula is C13H21ClN2O2. The number of aryl methyl sites for hydroxylation is 1. The summed E-state index contributed by atoms with van der Waals surface area (Å²) in [5.41, 5.74) is 1.83. The van der Waals surface area contributed by atoms with E-state index in [9.17, 15) is 4.79 Å². The van der Waals surface area contributed by atoms with E-state index in [0.29, 0.717) is 13.2 Å². The first kappa shape index (κ1) is 16.7. The van der Waals surface area contributed by atoms with Crippen LogP contribution in [0.2, 0.25) is 0 Å². The molecule has 4 nitrogen and oxygen atoms in total. The average Bonchev–Trinajstić information content (AvgIpc) is 2.30. The molecule has 0 fully saturated rings. The molecule has 2 N–H and O–H groups in total. The van der Waals surface area contributed by atoms with Gasteiger partial charge in [0, 0.05) is 5.69 Å². The largest absolute Gasteiger partial charge is 0.494 e. The Balaban J connectivity index is 0.00000289. The van der Waals surface area contributed by atoms with Crippen molar-refractivity contribution in [1.29, 1.82) is 0 Å². The number of anilines is 1. The molecule has 0 atom stereocenters. The van der Waals surface area contributed by atoms with Gasteiger partial charge in [-0.1, -0.05) is 6.92 Å². The van der Waals surface area contributed by atoms with Crippen LogP contribution in [-0.2, 0) is 4.79 Å². The van der Waals surface area contributed by atoms with E-state index < -0.39 is 0 Å². The van der Waals surface area contributed by atoms with E-state index in [1.165, 1.54) is 0 Å². The van der Waals surface area contributed by atoms with Crippen LogP contribution in [0.1, 0.15) is 18.9 Å². The molecular weight excluding hydrogens is 252 g/mol. The topological polar surface area (TPSA) is 50.4 Å². The molecule has 0 spiro atoms. The lowest BCUT2D eigenvalue weighted by atomic mass is 10.2. The summed E-state index contributed by atoms with van der Waals surface area (Å²) in [5.74, 6) is 0.800. The molecule has 1 aromatic carbocycles. The lowest BCUT2D eigenvalue weighted by Crippen LogP contribution is -2.25. The molecule has 0 bridgehead atoms. The second-order valence-electron chi connectivity index (χ2n) is 3.90. The highest BCUT2D eigenvalue weighted by atomic mass is 35.5. The van der Waals surface area contributed by atoms with Crippen molar-refractivity contribution in [2.75, 3.05) is 25.5 Å². The molecule has 0 saturated carbocycles. The predicted molar refractivity (Wildman–Crippen MR) is 76.8 cm³/mol. The number of hydrogen-bond donors (Lipinski definition) is 2. The van der Waals surface area contributed by atoms with Gasteiger partial charge in [0.2, 0.25) is 5.91 Å². The summed E-state index contributed by atoms with van der Waals surface area (Å²) < 4.78 is 5.52. The third kappa shape index (κ3) is 5.38. The molecule has 0 aliphatic heterocycles. The minimum atomic E-state index is -0.0437. The van der Waals surface area contributed by atoms with Gasteiger partial charge in [0.15, 0.2) is 0 Å². The number of carbonyl (C=O) groups excluding carboxylic acids is 1. The molecule has 1 rings (SSSR count). The summed E-state index contributed by atoms with van der Waals surface area (Å²) in [6.45, 7) is 5.05. The molecule has 102 valence electrons. The van der Waals surface area contributed by atoms with Gasteiger partial charge >= 0.3 is 0 Å². The van der Waals surface area contributed by atoms with Gasteiger partial charge in [0.1, 0.15) is 5.75 Å². The van der Waals surface area contributed by atoms with E-state index >= 15 is 0 Å². The van der Waals surface area contributed by atoms with Crippen LogP contribution in [0.5, 0.6) is 5.75 Å². The molecule has 5 heteroatoms. The van der Waals surface area contributed by atoms with Crippen LogP contribution in [0, 0.1) is 6.92 Å². The van der Waals surface area contributed by atoms with Gasteiger partial charge in [-0.2, -0.15) is 0 Å². The Morgan fingerprint density at radius 1 is 1.39 bits per heavy atom. The summed E-state index contributed by atoms with van der Waals surface area (Å²) in [7, 11) is 1.74. The van der Waals surface area contributed by atoms with Gasteiger partial charge in [-0.05, 0) is 44.2 Å². The Morgan fingerprint density at radius 3 is 2.67 bits per heavy atom. The van der Waals surface area contributed by atoms with Crippen molar-refractivity contribution in [1.82, 2.24) is 5.32 Å². The lowest BCUT2D eigenvalue weighted by molar-refractivity contribution is -0.115. The summed E-state index contributed by atoms with van der Waals surface area (Å²) in [6, 6.07) is 5.68. The Kier molecular flexibility index (Phi) is 8.16. The number of hydrogen-bond acceptors (Lipinski definition) is 3. The number of likely N-dealkylation sites (N-methyl/N-ethyl adjacent to an activating group) is 1. The first-order chi connectivity index (χ1) is 8.17. The molecule has 0 heterocycles. The van der Waals surface area contributed by atoms with Crippen LogP contribution < -0.4 is 15.4 Å².